The summed E-state index contributed by atoms with van der Waals surface area (Å²) < 4.78 is 0. The number of aliphatic carboxylic acids is 1. The van der Waals surface area contributed by atoms with E-state index < -0.39 is 5.97 Å². The average molecular weight is 267 g/mol. The van der Waals surface area contributed by atoms with Crippen LogP contribution < -0.4 is 0 Å². The van der Waals surface area contributed by atoms with E-state index in [1.807, 2.05) is 0 Å². The molecule has 1 aliphatic carbocycles. The Morgan fingerprint density at radius 2 is 2.11 bits per heavy atom. The molecule has 0 amide bonds. The van der Waals surface area contributed by atoms with Crippen molar-refractivity contribution in [2.24, 2.45) is 0 Å². The Balaban J connectivity index is 2.29. The molecule has 0 aliphatic heterocycles. The van der Waals surface area contributed by atoms with Gasteiger partial charge in [-0.1, -0.05) is 31.4 Å². The SMILES string of the molecule is CCCCCN(CCC(=O)O)CCC1=CCCCC1. The lowest BCUT2D eigenvalue weighted by Crippen LogP contribution is -2.29. The van der Waals surface area contributed by atoms with Crippen LogP contribution >= 0.6 is 0 Å². The van der Waals surface area contributed by atoms with Crippen LogP contribution in [0.1, 0.15) is 64.7 Å². The van der Waals surface area contributed by atoms with Crippen molar-refractivity contribution < 1.29 is 9.90 Å². The molecule has 1 N–H and O–H groups in total. The van der Waals surface area contributed by atoms with E-state index in [0.717, 1.165) is 19.5 Å². The minimum Gasteiger partial charge on any atom is -0.481 e. The zero-order valence-corrected chi connectivity index (χ0v) is 12.4. The Labute approximate surface area is 117 Å². The van der Waals surface area contributed by atoms with Crippen molar-refractivity contribution in [3.05, 3.63) is 11.6 Å². The zero-order chi connectivity index (χ0) is 13.9. The van der Waals surface area contributed by atoms with Crippen LogP contribution in [0.3, 0.4) is 0 Å². The van der Waals surface area contributed by atoms with Gasteiger partial charge in [-0.2, -0.15) is 0 Å². The number of carboxylic acids is 1. The molecular formula is C16H29NO2. The minimum absolute atomic E-state index is 0.269. The third-order valence-electron chi connectivity index (χ3n) is 3.85. The summed E-state index contributed by atoms with van der Waals surface area (Å²) in [5.74, 6) is -0.683. The first-order valence-corrected chi connectivity index (χ1v) is 7.84. The van der Waals surface area contributed by atoms with Gasteiger partial charge in [0, 0.05) is 13.1 Å². The lowest BCUT2D eigenvalue weighted by atomic mass is 9.97. The Morgan fingerprint density at radius 3 is 2.74 bits per heavy atom. The Bertz CT molecular complexity index is 286. The number of unbranched alkanes of at least 4 members (excludes halogenated alkanes) is 2. The fourth-order valence-electron chi connectivity index (χ4n) is 2.61. The number of allylic oxidation sites excluding steroid dienone is 1. The van der Waals surface area contributed by atoms with E-state index in [2.05, 4.69) is 17.9 Å². The normalized spacial score (nSPS) is 15.6. The number of carbonyl (C=O) groups is 1. The maximum absolute atomic E-state index is 10.7. The van der Waals surface area contributed by atoms with E-state index in [-0.39, 0.29) is 6.42 Å². The third kappa shape index (κ3) is 8.04. The van der Waals surface area contributed by atoms with E-state index in [0.29, 0.717) is 6.54 Å². The number of hydrogen-bond acceptors (Lipinski definition) is 2. The molecule has 3 nitrogen and oxygen atoms in total. The quantitative estimate of drug-likeness (QED) is 0.483. The summed E-state index contributed by atoms with van der Waals surface area (Å²) in [6.07, 6.45) is 12.6. The van der Waals surface area contributed by atoms with Crippen LogP contribution in [0.25, 0.3) is 0 Å². The summed E-state index contributed by atoms with van der Waals surface area (Å²) in [7, 11) is 0. The molecule has 0 fully saturated rings. The van der Waals surface area contributed by atoms with Crippen LogP contribution in [0.4, 0.5) is 0 Å². The van der Waals surface area contributed by atoms with Gasteiger partial charge in [0.25, 0.3) is 0 Å². The number of nitrogens with zero attached hydrogens (tertiary/aromatic N) is 1. The molecular weight excluding hydrogens is 238 g/mol. The van der Waals surface area contributed by atoms with Gasteiger partial charge in [-0.15, -0.1) is 0 Å². The fraction of sp³-hybridized carbons (Fsp3) is 0.812. The monoisotopic (exact) mass is 267 g/mol. The van der Waals surface area contributed by atoms with Crippen LogP contribution in [-0.2, 0) is 4.79 Å². The molecule has 0 radical (unpaired) electrons. The van der Waals surface area contributed by atoms with Gasteiger partial charge in [-0.3, -0.25) is 4.79 Å². The first-order chi connectivity index (χ1) is 9.22. The second kappa shape index (κ2) is 10.0. The summed E-state index contributed by atoms with van der Waals surface area (Å²) in [4.78, 5) is 13.0. The summed E-state index contributed by atoms with van der Waals surface area (Å²) in [6.45, 7) is 4.98. The molecule has 110 valence electrons. The highest BCUT2D eigenvalue weighted by Gasteiger charge is 2.09. The van der Waals surface area contributed by atoms with Crippen molar-refractivity contribution >= 4 is 5.97 Å². The lowest BCUT2D eigenvalue weighted by Gasteiger charge is -2.23. The second-order valence-corrected chi connectivity index (χ2v) is 5.55. The van der Waals surface area contributed by atoms with Crippen molar-refractivity contribution in [3.63, 3.8) is 0 Å². The lowest BCUT2D eigenvalue weighted by molar-refractivity contribution is -0.137. The molecule has 0 atom stereocenters. The highest BCUT2D eigenvalue weighted by molar-refractivity contribution is 5.66. The molecule has 0 unspecified atom stereocenters. The predicted molar refractivity (Wildman–Crippen MR) is 79.4 cm³/mol. The fourth-order valence-corrected chi connectivity index (χ4v) is 2.61. The maximum atomic E-state index is 10.7. The number of hydrogen-bond donors (Lipinski definition) is 1. The molecule has 19 heavy (non-hydrogen) atoms. The summed E-state index contributed by atoms with van der Waals surface area (Å²) >= 11 is 0. The summed E-state index contributed by atoms with van der Waals surface area (Å²) in [6, 6.07) is 0. The average Bonchev–Trinajstić information content (AvgIpc) is 2.42. The molecule has 0 aromatic heterocycles. The van der Waals surface area contributed by atoms with Gasteiger partial charge in [0.05, 0.1) is 6.42 Å². The standard InChI is InChI=1S/C16H29NO2/c1-2-3-7-12-17(14-11-16(18)19)13-10-15-8-5-4-6-9-15/h8H,2-7,9-14H2,1H3,(H,18,19). The minimum atomic E-state index is -0.683. The van der Waals surface area contributed by atoms with Crippen molar-refractivity contribution in [2.45, 2.75) is 64.7 Å². The summed E-state index contributed by atoms with van der Waals surface area (Å²) in [5, 5.41) is 8.81. The van der Waals surface area contributed by atoms with E-state index in [9.17, 15) is 4.79 Å². The molecule has 0 aromatic rings. The smallest absolute Gasteiger partial charge is 0.304 e. The Hall–Kier alpha value is -0.830. The first kappa shape index (κ1) is 16.2. The molecule has 0 bridgehead atoms. The van der Waals surface area contributed by atoms with Gasteiger partial charge in [-0.25, -0.2) is 0 Å². The summed E-state index contributed by atoms with van der Waals surface area (Å²) in [5.41, 5.74) is 1.59. The number of rotatable bonds is 10. The van der Waals surface area contributed by atoms with Gasteiger partial charge in [0.1, 0.15) is 0 Å². The van der Waals surface area contributed by atoms with Gasteiger partial charge >= 0.3 is 5.97 Å². The van der Waals surface area contributed by atoms with Gasteiger partial charge in [0.15, 0.2) is 0 Å². The van der Waals surface area contributed by atoms with Crippen molar-refractivity contribution in [3.8, 4) is 0 Å². The predicted octanol–water partition coefficient (Wildman–Crippen LogP) is 3.84. The Morgan fingerprint density at radius 1 is 1.26 bits per heavy atom. The molecule has 1 aliphatic rings. The maximum Gasteiger partial charge on any atom is 0.304 e. The topological polar surface area (TPSA) is 40.5 Å². The van der Waals surface area contributed by atoms with Crippen LogP contribution in [-0.4, -0.2) is 35.6 Å². The highest BCUT2D eigenvalue weighted by Crippen LogP contribution is 2.20. The van der Waals surface area contributed by atoms with Gasteiger partial charge in [0.2, 0.25) is 0 Å². The van der Waals surface area contributed by atoms with Crippen LogP contribution in [0.5, 0.6) is 0 Å². The Kier molecular flexibility index (Phi) is 8.55. The van der Waals surface area contributed by atoms with E-state index in [1.165, 1.54) is 44.9 Å². The van der Waals surface area contributed by atoms with Gasteiger partial charge < -0.3 is 10.0 Å². The van der Waals surface area contributed by atoms with Crippen LogP contribution in [0.2, 0.25) is 0 Å². The molecule has 0 saturated carbocycles. The van der Waals surface area contributed by atoms with E-state index >= 15 is 0 Å². The highest BCUT2D eigenvalue weighted by atomic mass is 16.4. The molecule has 0 spiro atoms. The van der Waals surface area contributed by atoms with Crippen LogP contribution in [0.15, 0.2) is 11.6 Å². The van der Waals surface area contributed by atoms with Crippen LogP contribution in [0, 0.1) is 0 Å². The molecule has 3 heteroatoms. The van der Waals surface area contributed by atoms with Gasteiger partial charge in [-0.05, 0) is 45.1 Å². The zero-order valence-electron chi connectivity index (χ0n) is 12.4. The van der Waals surface area contributed by atoms with E-state index in [1.54, 1.807) is 5.57 Å². The molecule has 0 saturated heterocycles. The molecule has 0 heterocycles. The number of carboxylic acid groups (broad SMARTS) is 1. The second-order valence-electron chi connectivity index (χ2n) is 5.55. The van der Waals surface area contributed by atoms with Crippen molar-refractivity contribution in [1.82, 2.24) is 4.90 Å². The largest absolute Gasteiger partial charge is 0.481 e. The van der Waals surface area contributed by atoms with E-state index in [4.69, 9.17) is 5.11 Å². The molecule has 1 rings (SSSR count). The van der Waals surface area contributed by atoms with Crippen molar-refractivity contribution in [1.29, 1.82) is 0 Å². The first-order valence-electron chi connectivity index (χ1n) is 7.84. The molecule has 0 aromatic carbocycles. The van der Waals surface area contributed by atoms with Crippen molar-refractivity contribution in [2.75, 3.05) is 19.6 Å². The third-order valence-corrected chi connectivity index (χ3v) is 3.85.